The SMILES string of the molecule is Cc1cc(C(/C=C(\F)c2ccc(C(=O)NC(C)CS(=O)(=O)CC(F)(F)F)c(C(F)(F)F)c2)C(F)(F)F)ccc1Cl. The topological polar surface area (TPSA) is 63.2 Å². The Morgan fingerprint density at radius 2 is 1.60 bits per heavy atom. The van der Waals surface area contributed by atoms with Crippen molar-refractivity contribution in [2.75, 3.05) is 11.5 Å². The molecular weight excluding hydrogens is 608 g/mol. The minimum atomic E-state index is -5.33. The maximum atomic E-state index is 14.9. The van der Waals surface area contributed by atoms with E-state index in [0.29, 0.717) is 12.1 Å². The lowest BCUT2D eigenvalue weighted by Crippen LogP contribution is -2.40. The first-order valence-electron chi connectivity index (χ1n) is 11.0. The lowest BCUT2D eigenvalue weighted by Gasteiger charge is -2.19. The molecule has 2 aromatic carbocycles. The molecule has 0 bridgehead atoms. The Kier molecular flexibility index (Phi) is 9.99. The van der Waals surface area contributed by atoms with Crippen LogP contribution in [-0.2, 0) is 16.0 Å². The fourth-order valence-corrected chi connectivity index (χ4v) is 5.22. The fraction of sp³-hybridized carbons (Fsp3) is 0.375. The van der Waals surface area contributed by atoms with Crippen LogP contribution in [0.25, 0.3) is 5.83 Å². The molecule has 0 spiro atoms. The number of alkyl halides is 9. The molecule has 0 aliphatic carbocycles. The third kappa shape index (κ3) is 9.39. The highest BCUT2D eigenvalue weighted by molar-refractivity contribution is 7.91. The van der Waals surface area contributed by atoms with Gasteiger partial charge in [0.25, 0.3) is 5.91 Å². The van der Waals surface area contributed by atoms with Crippen molar-refractivity contribution in [2.24, 2.45) is 0 Å². The van der Waals surface area contributed by atoms with Gasteiger partial charge in [0.2, 0.25) is 0 Å². The molecule has 0 saturated heterocycles. The van der Waals surface area contributed by atoms with Crippen LogP contribution in [0.3, 0.4) is 0 Å². The average Bonchev–Trinajstić information content (AvgIpc) is 2.75. The van der Waals surface area contributed by atoms with E-state index >= 15 is 0 Å². The number of hydrogen-bond donors (Lipinski definition) is 1. The third-order valence-electron chi connectivity index (χ3n) is 5.32. The highest BCUT2D eigenvalue weighted by Crippen LogP contribution is 2.40. The summed E-state index contributed by atoms with van der Waals surface area (Å²) in [5.41, 5.74) is -4.10. The molecule has 4 nitrogen and oxygen atoms in total. The summed E-state index contributed by atoms with van der Waals surface area (Å²) in [4.78, 5) is 12.4. The van der Waals surface area contributed by atoms with Crippen molar-refractivity contribution in [3.8, 4) is 0 Å². The molecule has 0 heterocycles. The third-order valence-corrected chi connectivity index (χ3v) is 7.52. The molecule has 0 fully saturated rings. The van der Waals surface area contributed by atoms with Gasteiger partial charge in [0.05, 0.1) is 16.9 Å². The quantitative estimate of drug-likeness (QED) is 0.310. The second-order valence-corrected chi connectivity index (χ2v) is 11.4. The van der Waals surface area contributed by atoms with Crippen LogP contribution in [0.4, 0.5) is 43.9 Å². The van der Waals surface area contributed by atoms with E-state index in [1.807, 2.05) is 5.32 Å². The Morgan fingerprint density at radius 1 is 1.00 bits per heavy atom. The number of rotatable bonds is 8. The van der Waals surface area contributed by atoms with E-state index in [0.717, 1.165) is 25.1 Å². The van der Waals surface area contributed by atoms with Gasteiger partial charge < -0.3 is 5.32 Å². The number of allylic oxidation sites excluding steroid dienone is 1. The molecule has 2 unspecified atom stereocenters. The van der Waals surface area contributed by atoms with Gasteiger partial charge in [-0.05, 0) is 49.2 Å². The van der Waals surface area contributed by atoms with E-state index in [1.165, 1.54) is 6.92 Å². The second-order valence-electron chi connectivity index (χ2n) is 8.84. The summed E-state index contributed by atoms with van der Waals surface area (Å²) in [5, 5.41) is 1.96. The lowest BCUT2D eigenvalue weighted by molar-refractivity contribution is -0.140. The van der Waals surface area contributed by atoms with Gasteiger partial charge in [-0.25, -0.2) is 12.8 Å². The lowest BCUT2D eigenvalue weighted by atomic mass is 9.94. The fourth-order valence-electron chi connectivity index (χ4n) is 3.64. The first-order valence-corrected chi connectivity index (χ1v) is 13.2. The molecule has 1 amide bonds. The number of aryl methyl sites for hydroxylation is 1. The van der Waals surface area contributed by atoms with Crippen LogP contribution in [0.2, 0.25) is 5.02 Å². The van der Waals surface area contributed by atoms with Crippen molar-refractivity contribution in [1.29, 1.82) is 0 Å². The van der Waals surface area contributed by atoms with Crippen LogP contribution in [0.1, 0.15) is 45.5 Å². The number of benzene rings is 2. The van der Waals surface area contributed by atoms with E-state index in [2.05, 4.69) is 0 Å². The highest BCUT2D eigenvalue weighted by atomic mass is 35.5. The van der Waals surface area contributed by atoms with E-state index in [4.69, 9.17) is 11.6 Å². The van der Waals surface area contributed by atoms with Crippen LogP contribution in [0, 0.1) is 6.92 Å². The molecule has 2 atom stereocenters. The minimum absolute atomic E-state index is 0.0610. The first-order chi connectivity index (χ1) is 18.0. The molecule has 0 aliphatic rings. The van der Waals surface area contributed by atoms with Gasteiger partial charge in [0.15, 0.2) is 9.84 Å². The Hall–Kier alpha value is -2.81. The highest BCUT2D eigenvalue weighted by Gasteiger charge is 2.41. The summed E-state index contributed by atoms with van der Waals surface area (Å²) in [6.45, 7) is 2.33. The predicted molar refractivity (Wildman–Crippen MR) is 127 cm³/mol. The molecule has 0 aliphatic heterocycles. The zero-order valence-electron chi connectivity index (χ0n) is 20.4. The van der Waals surface area contributed by atoms with Crippen molar-refractivity contribution in [3.05, 3.63) is 75.3 Å². The Bertz CT molecular complexity index is 1380. The summed E-state index contributed by atoms with van der Waals surface area (Å²) in [7, 11) is -4.79. The summed E-state index contributed by atoms with van der Waals surface area (Å²) >= 11 is 5.81. The van der Waals surface area contributed by atoms with Crippen molar-refractivity contribution in [2.45, 2.75) is 44.3 Å². The molecule has 222 valence electrons. The number of halogens is 11. The Labute approximate surface area is 226 Å². The number of sulfone groups is 1. The number of carbonyl (C=O) groups excluding carboxylic acids is 1. The van der Waals surface area contributed by atoms with Crippen molar-refractivity contribution in [1.82, 2.24) is 5.32 Å². The number of carbonyl (C=O) groups is 1. The van der Waals surface area contributed by atoms with E-state index in [9.17, 15) is 57.1 Å². The van der Waals surface area contributed by atoms with Crippen molar-refractivity contribution < 1.29 is 57.1 Å². The van der Waals surface area contributed by atoms with Gasteiger partial charge in [0.1, 0.15) is 17.5 Å². The largest absolute Gasteiger partial charge is 0.417 e. The monoisotopic (exact) mass is 627 g/mol. The summed E-state index contributed by atoms with van der Waals surface area (Å²) < 4.78 is 158. The normalized spacial score (nSPS) is 15.1. The Morgan fingerprint density at radius 3 is 2.10 bits per heavy atom. The molecular formula is C24H20ClF10NO3S. The maximum absolute atomic E-state index is 14.9. The molecule has 1 N–H and O–H groups in total. The van der Waals surface area contributed by atoms with E-state index in [1.54, 1.807) is 0 Å². The molecule has 40 heavy (non-hydrogen) atoms. The zero-order chi connectivity index (χ0) is 30.8. The van der Waals surface area contributed by atoms with Gasteiger partial charge in [-0.3, -0.25) is 4.79 Å². The van der Waals surface area contributed by atoms with Gasteiger partial charge in [0, 0.05) is 16.6 Å². The average molecular weight is 628 g/mol. The predicted octanol–water partition coefficient (Wildman–Crippen LogP) is 7.42. The number of amides is 1. The van der Waals surface area contributed by atoms with Gasteiger partial charge in [-0.1, -0.05) is 29.8 Å². The van der Waals surface area contributed by atoms with Crippen molar-refractivity contribution >= 4 is 33.2 Å². The van der Waals surface area contributed by atoms with Gasteiger partial charge in [-0.15, -0.1) is 0 Å². The van der Waals surface area contributed by atoms with Crippen molar-refractivity contribution in [3.63, 3.8) is 0 Å². The molecule has 2 rings (SSSR count). The standard InChI is InChI=1S/C24H20ClF10NO3S/c1-12-7-14(4-6-19(12)25)17(23(30,31)32)9-20(26)15-3-5-16(18(8-15)24(33,34)35)21(37)36-13(2)10-40(38,39)11-22(27,28)29/h3-9,13,17H,10-11H2,1-2H3,(H,36,37)/b20-9-. The van der Waals surface area contributed by atoms with Crippen LogP contribution >= 0.6 is 11.6 Å². The Balaban J connectivity index is 2.43. The van der Waals surface area contributed by atoms with E-state index < -0.39 is 85.8 Å². The van der Waals surface area contributed by atoms with Crippen LogP contribution in [-0.4, -0.2) is 44.2 Å². The number of nitrogens with one attached hydrogen (secondary N) is 1. The van der Waals surface area contributed by atoms with Gasteiger partial charge in [-0.2, -0.15) is 39.5 Å². The molecule has 2 aromatic rings. The molecule has 0 aromatic heterocycles. The number of hydrogen-bond acceptors (Lipinski definition) is 3. The molecule has 16 heteroatoms. The summed E-state index contributed by atoms with van der Waals surface area (Å²) in [5.74, 6) is -9.29. The van der Waals surface area contributed by atoms with Crippen LogP contribution < -0.4 is 5.32 Å². The van der Waals surface area contributed by atoms with E-state index in [-0.39, 0.29) is 22.7 Å². The second kappa shape index (κ2) is 12.0. The summed E-state index contributed by atoms with van der Waals surface area (Å²) in [6, 6.07) is 2.73. The van der Waals surface area contributed by atoms with Crippen LogP contribution in [0.15, 0.2) is 42.5 Å². The maximum Gasteiger partial charge on any atom is 0.417 e. The molecule has 0 saturated carbocycles. The van der Waals surface area contributed by atoms with Gasteiger partial charge >= 0.3 is 18.5 Å². The minimum Gasteiger partial charge on any atom is -0.349 e. The molecule has 0 radical (unpaired) electrons. The smallest absolute Gasteiger partial charge is 0.349 e. The summed E-state index contributed by atoms with van der Waals surface area (Å²) in [6.07, 6.45) is -15.4. The zero-order valence-corrected chi connectivity index (χ0v) is 22.0. The van der Waals surface area contributed by atoms with Crippen LogP contribution in [0.5, 0.6) is 0 Å². The first kappa shape index (κ1) is 33.4.